The molecule has 3 aromatic rings. The maximum atomic E-state index is 4.56. The van der Waals surface area contributed by atoms with Crippen molar-refractivity contribution in [3.63, 3.8) is 0 Å². The van der Waals surface area contributed by atoms with Crippen molar-refractivity contribution in [2.45, 2.75) is 20.4 Å². The number of para-hydroxylation sites is 2. The summed E-state index contributed by atoms with van der Waals surface area (Å²) in [7, 11) is 0. The number of aryl methyl sites for hydroxylation is 2. The Balaban J connectivity index is 2.08. The van der Waals surface area contributed by atoms with Crippen LogP contribution >= 0.6 is 11.3 Å². The van der Waals surface area contributed by atoms with Gasteiger partial charge >= 0.3 is 0 Å². The Bertz CT molecular complexity index is 666. The van der Waals surface area contributed by atoms with Crippen molar-refractivity contribution in [3.05, 3.63) is 46.2 Å². The highest BCUT2D eigenvalue weighted by molar-refractivity contribution is 7.11. The first-order valence-corrected chi connectivity index (χ1v) is 6.39. The summed E-state index contributed by atoms with van der Waals surface area (Å²) >= 11 is 1.74. The molecule has 0 N–H and O–H groups in total. The topological polar surface area (TPSA) is 30.7 Å². The summed E-state index contributed by atoms with van der Waals surface area (Å²) in [6.45, 7) is 4.94. The lowest BCUT2D eigenvalue weighted by Crippen LogP contribution is -2.00. The number of imidazole rings is 1. The number of nitrogens with zero attached hydrogens (tertiary/aromatic N) is 3. The Morgan fingerprint density at radius 1 is 1.24 bits per heavy atom. The van der Waals surface area contributed by atoms with Crippen molar-refractivity contribution >= 4 is 22.4 Å². The lowest BCUT2D eigenvalue weighted by atomic mass is 10.3. The van der Waals surface area contributed by atoms with E-state index in [2.05, 4.69) is 32.7 Å². The lowest BCUT2D eigenvalue weighted by Gasteiger charge is -2.03. The van der Waals surface area contributed by atoms with Crippen LogP contribution in [-0.2, 0) is 6.54 Å². The normalized spacial score (nSPS) is 11.2. The monoisotopic (exact) mass is 243 g/mol. The molecule has 0 fully saturated rings. The van der Waals surface area contributed by atoms with E-state index >= 15 is 0 Å². The van der Waals surface area contributed by atoms with Crippen LogP contribution in [0.1, 0.15) is 15.7 Å². The van der Waals surface area contributed by atoms with Crippen molar-refractivity contribution in [3.8, 4) is 0 Å². The molecule has 4 heteroatoms. The van der Waals surface area contributed by atoms with Gasteiger partial charge in [-0.15, -0.1) is 11.3 Å². The molecule has 86 valence electrons. The zero-order valence-electron chi connectivity index (χ0n) is 9.84. The van der Waals surface area contributed by atoms with Gasteiger partial charge in [-0.3, -0.25) is 0 Å². The van der Waals surface area contributed by atoms with E-state index in [0.29, 0.717) is 0 Å². The molecule has 2 aromatic heterocycles. The quantitative estimate of drug-likeness (QED) is 0.692. The molecular formula is C13H13N3S. The number of hydrogen-bond acceptors (Lipinski definition) is 3. The lowest BCUT2D eigenvalue weighted by molar-refractivity contribution is 0.795. The van der Waals surface area contributed by atoms with Crippen molar-refractivity contribution in [2.24, 2.45) is 0 Å². The van der Waals surface area contributed by atoms with Crippen LogP contribution in [0.4, 0.5) is 0 Å². The second-order valence-corrected chi connectivity index (χ2v) is 5.40. The summed E-state index contributed by atoms with van der Waals surface area (Å²) in [6, 6.07) is 8.24. The zero-order valence-corrected chi connectivity index (χ0v) is 10.7. The summed E-state index contributed by atoms with van der Waals surface area (Å²) in [5.41, 5.74) is 2.25. The predicted octanol–water partition coefficient (Wildman–Crippen LogP) is 3.16. The Morgan fingerprint density at radius 3 is 2.82 bits per heavy atom. The van der Waals surface area contributed by atoms with Gasteiger partial charge in [0.15, 0.2) is 0 Å². The number of rotatable bonds is 2. The van der Waals surface area contributed by atoms with Crippen molar-refractivity contribution in [2.75, 3.05) is 0 Å². The van der Waals surface area contributed by atoms with Crippen LogP contribution in [0.2, 0.25) is 0 Å². The van der Waals surface area contributed by atoms with Gasteiger partial charge in [0.1, 0.15) is 5.82 Å². The maximum Gasteiger partial charge on any atom is 0.107 e. The summed E-state index contributed by atoms with van der Waals surface area (Å²) < 4.78 is 2.24. The summed E-state index contributed by atoms with van der Waals surface area (Å²) in [5.74, 6) is 1.05. The number of fused-ring (bicyclic) bond motifs is 1. The summed E-state index contributed by atoms with van der Waals surface area (Å²) in [6.07, 6.45) is 1.95. The first-order chi connectivity index (χ1) is 8.24. The van der Waals surface area contributed by atoms with Crippen LogP contribution in [0, 0.1) is 13.8 Å². The summed E-state index contributed by atoms with van der Waals surface area (Å²) in [5, 5.41) is 1.11. The van der Waals surface area contributed by atoms with Crippen LogP contribution in [0.15, 0.2) is 30.5 Å². The Hall–Kier alpha value is -1.68. The van der Waals surface area contributed by atoms with Gasteiger partial charge < -0.3 is 4.57 Å². The maximum absolute atomic E-state index is 4.56. The standard InChI is InChI=1S/C13H13N3S/c1-9-15-12-5-3-4-6-13(12)16(9)8-11-7-14-10(2)17-11/h3-7H,8H2,1-2H3. The molecule has 3 nitrogen and oxygen atoms in total. The summed E-state index contributed by atoms with van der Waals surface area (Å²) in [4.78, 5) is 10.1. The smallest absolute Gasteiger partial charge is 0.107 e. The minimum absolute atomic E-state index is 0.859. The average molecular weight is 243 g/mol. The molecule has 0 spiro atoms. The Morgan fingerprint density at radius 2 is 2.06 bits per heavy atom. The molecule has 0 radical (unpaired) electrons. The van der Waals surface area contributed by atoms with Crippen LogP contribution in [0.3, 0.4) is 0 Å². The van der Waals surface area contributed by atoms with Gasteiger partial charge in [0.2, 0.25) is 0 Å². The molecule has 0 atom stereocenters. The minimum Gasteiger partial charge on any atom is -0.323 e. The van der Waals surface area contributed by atoms with Crippen LogP contribution in [0.5, 0.6) is 0 Å². The zero-order chi connectivity index (χ0) is 11.8. The van der Waals surface area contributed by atoms with Crippen molar-refractivity contribution in [1.82, 2.24) is 14.5 Å². The molecule has 0 aliphatic heterocycles. The molecule has 0 aliphatic carbocycles. The first-order valence-electron chi connectivity index (χ1n) is 5.57. The number of thiazole rings is 1. The van der Waals surface area contributed by atoms with E-state index < -0.39 is 0 Å². The molecule has 0 amide bonds. The largest absolute Gasteiger partial charge is 0.323 e. The Labute approximate surface area is 104 Å². The Kier molecular flexibility index (Phi) is 2.44. The second kappa shape index (κ2) is 3.96. The molecule has 1 aromatic carbocycles. The third-order valence-corrected chi connectivity index (χ3v) is 3.73. The SMILES string of the molecule is Cc1ncc(Cn2c(C)nc3ccccc32)s1. The third-order valence-electron chi connectivity index (χ3n) is 2.83. The molecule has 0 bridgehead atoms. The molecule has 0 saturated carbocycles. The van der Waals surface area contributed by atoms with Gasteiger partial charge in [0.05, 0.1) is 22.6 Å². The van der Waals surface area contributed by atoms with E-state index in [0.717, 1.165) is 22.9 Å². The van der Waals surface area contributed by atoms with Crippen LogP contribution in [0.25, 0.3) is 11.0 Å². The van der Waals surface area contributed by atoms with Gasteiger partial charge in [-0.2, -0.15) is 0 Å². The van der Waals surface area contributed by atoms with E-state index in [4.69, 9.17) is 0 Å². The van der Waals surface area contributed by atoms with E-state index in [1.165, 1.54) is 10.4 Å². The number of benzene rings is 1. The van der Waals surface area contributed by atoms with Gasteiger partial charge in [-0.1, -0.05) is 12.1 Å². The van der Waals surface area contributed by atoms with Gasteiger partial charge in [-0.05, 0) is 26.0 Å². The molecule has 0 aliphatic rings. The van der Waals surface area contributed by atoms with E-state index in [1.54, 1.807) is 11.3 Å². The fraction of sp³-hybridized carbons (Fsp3) is 0.231. The molecule has 0 unspecified atom stereocenters. The van der Waals surface area contributed by atoms with Crippen LogP contribution < -0.4 is 0 Å². The van der Waals surface area contributed by atoms with Gasteiger partial charge in [0, 0.05) is 11.1 Å². The van der Waals surface area contributed by atoms with Crippen molar-refractivity contribution < 1.29 is 0 Å². The fourth-order valence-electron chi connectivity index (χ4n) is 2.03. The second-order valence-electron chi connectivity index (χ2n) is 4.08. The van der Waals surface area contributed by atoms with E-state index in [1.807, 2.05) is 26.1 Å². The molecular weight excluding hydrogens is 230 g/mol. The minimum atomic E-state index is 0.859. The van der Waals surface area contributed by atoms with E-state index in [-0.39, 0.29) is 0 Å². The van der Waals surface area contributed by atoms with E-state index in [9.17, 15) is 0 Å². The first kappa shape index (κ1) is 10.5. The number of aromatic nitrogens is 3. The molecule has 0 saturated heterocycles. The molecule has 3 rings (SSSR count). The third kappa shape index (κ3) is 1.85. The highest BCUT2D eigenvalue weighted by Gasteiger charge is 2.08. The predicted molar refractivity (Wildman–Crippen MR) is 70.4 cm³/mol. The average Bonchev–Trinajstić information content (AvgIpc) is 2.85. The highest BCUT2D eigenvalue weighted by Crippen LogP contribution is 2.19. The van der Waals surface area contributed by atoms with Gasteiger partial charge in [-0.25, -0.2) is 9.97 Å². The molecule has 17 heavy (non-hydrogen) atoms. The van der Waals surface area contributed by atoms with Crippen LogP contribution in [-0.4, -0.2) is 14.5 Å². The number of hydrogen-bond donors (Lipinski definition) is 0. The fourth-order valence-corrected chi connectivity index (χ4v) is 2.81. The van der Waals surface area contributed by atoms with Crippen molar-refractivity contribution in [1.29, 1.82) is 0 Å². The van der Waals surface area contributed by atoms with Gasteiger partial charge in [0.25, 0.3) is 0 Å². The highest BCUT2D eigenvalue weighted by atomic mass is 32.1. The molecule has 2 heterocycles.